The first-order valence-electron chi connectivity index (χ1n) is 8.48. The number of carbonyl (C=O) groups is 1. The van der Waals surface area contributed by atoms with Crippen LogP contribution in [0.5, 0.6) is 0 Å². The van der Waals surface area contributed by atoms with Gasteiger partial charge >= 0.3 is 5.97 Å². The van der Waals surface area contributed by atoms with E-state index in [4.69, 9.17) is 4.74 Å². The Morgan fingerprint density at radius 3 is 2.28 bits per heavy atom. The number of sulfonamides is 1. The fraction of sp³-hybridized carbons (Fsp3) is 0.611. The molecule has 3 atom stereocenters. The topological polar surface area (TPSA) is 96.0 Å². The van der Waals surface area contributed by atoms with Crippen LogP contribution < -0.4 is 4.72 Å². The molecule has 2 N–H and O–H groups in total. The summed E-state index contributed by atoms with van der Waals surface area (Å²) in [5, 5.41) is 9.34. The lowest BCUT2D eigenvalue weighted by Gasteiger charge is -2.13. The van der Waals surface area contributed by atoms with Crippen LogP contribution >= 0.6 is 0 Å². The van der Waals surface area contributed by atoms with Crippen LogP contribution in [0.1, 0.15) is 37.0 Å². The number of hydrogen-bond acceptors (Lipinski definition) is 4. The van der Waals surface area contributed by atoms with E-state index in [0.29, 0.717) is 17.5 Å². The number of benzene rings is 1. The van der Waals surface area contributed by atoms with Crippen molar-refractivity contribution < 1.29 is 23.1 Å². The molecule has 25 heavy (non-hydrogen) atoms. The molecule has 0 aliphatic carbocycles. The zero-order valence-electron chi connectivity index (χ0n) is 15.4. The molecule has 0 aromatic heterocycles. The number of carboxylic acids is 1. The first-order valence-corrected chi connectivity index (χ1v) is 9.97. The summed E-state index contributed by atoms with van der Waals surface area (Å²) in [6.45, 7) is 9.47. The SMILES string of the molecule is Cc1cc(C)c(S(=O)(=O)NC[C@H]2O[C@@H]2[C@@H](CC(C)C)C(=O)O)c(C)c1. The van der Waals surface area contributed by atoms with Gasteiger partial charge < -0.3 is 9.84 Å². The summed E-state index contributed by atoms with van der Waals surface area (Å²) in [6, 6.07) is 3.67. The maximum absolute atomic E-state index is 12.6. The monoisotopic (exact) mass is 369 g/mol. The molecule has 2 rings (SSSR count). The number of hydrogen-bond donors (Lipinski definition) is 2. The van der Waals surface area contributed by atoms with Crippen LogP contribution in [0.2, 0.25) is 0 Å². The molecule has 0 unspecified atom stereocenters. The molecule has 6 nitrogen and oxygen atoms in total. The summed E-state index contributed by atoms with van der Waals surface area (Å²) in [7, 11) is -3.66. The number of nitrogens with one attached hydrogen (secondary N) is 1. The highest BCUT2D eigenvalue weighted by molar-refractivity contribution is 7.89. The zero-order chi connectivity index (χ0) is 18.9. The highest BCUT2D eigenvalue weighted by atomic mass is 32.2. The minimum atomic E-state index is -3.66. The van der Waals surface area contributed by atoms with Crippen molar-refractivity contribution in [1.29, 1.82) is 0 Å². The Morgan fingerprint density at radius 2 is 1.80 bits per heavy atom. The molecule has 0 bridgehead atoms. The second kappa shape index (κ2) is 7.43. The summed E-state index contributed by atoms with van der Waals surface area (Å²) in [6.07, 6.45) is -0.303. The quantitative estimate of drug-likeness (QED) is 0.686. The van der Waals surface area contributed by atoms with Crippen LogP contribution in [-0.2, 0) is 19.6 Å². The van der Waals surface area contributed by atoms with Crippen molar-refractivity contribution in [1.82, 2.24) is 4.72 Å². The Hall–Kier alpha value is -1.44. The molecule has 7 heteroatoms. The number of ether oxygens (including phenoxy) is 1. The third-order valence-electron chi connectivity index (χ3n) is 4.41. The van der Waals surface area contributed by atoms with Crippen LogP contribution in [0, 0.1) is 32.6 Å². The van der Waals surface area contributed by atoms with E-state index in [1.165, 1.54) is 0 Å². The Bertz CT molecular complexity index is 734. The van der Waals surface area contributed by atoms with Gasteiger partial charge in [-0.2, -0.15) is 0 Å². The molecule has 1 aliphatic rings. The van der Waals surface area contributed by atoms with Crippen LogP contribution in [0.25, 0.3) is 0 Å². The van der Waals surface area contributed by atoms with Crippen molar-refractivity contribution >= 4 is 16.0 Å². The Morgan fingerprint density at radius 1 is 1.24 bits per heavy atom. The Balaban J connectivity index is 2.04. The van der Waals surface area contributed by atoms with Crippen molar-refractivity contribution in [2.75, 3.05) is 6.54 Å². The van der Waals surface area contributed by atoms with Gasteiger partial charge in [0.1, 0.15) is 0 Å². The first kappa shape index (κ1) is 19.9. The predicted molar refractivity (Wildman–Crippen MR) is 95.1 cm³/mol. The summed E-state index contributed by atoms with van der Waals surface area (Å²) in [4.78, 5) is 11.7. The van der Waals surface area contributed by atoms with E-state index in [2.05, 4.69) is 4.72 Å². The number of carboxylic acid groups (broad SMARTS) is 1. The first-order chi connectivity index (χ1) is 11.5. The molecule has 0 spiro atoms. The van der Waals surface area contributed by atoms with E-state index in [-0.39, 0.29) is 23.5 Å². The maximum Gasteiger partial charge on any atom is 0.309 e. The number of rotatable bonds is 8. The van der Waals surface area contributed by atoms with Gasteiger partial charge in [-0.05, 0) is 44.2 Å². The summed E-state index contributed by atoms with van der Waals surface area (Å²) < 4.78 is 33.3. The second-order valence-electron chi connectivity index (χ2n) is 7.29. The standard InChI is InChI=1S/C18H27NO5S/c1-10(2)6-14(18(20)21)16-15(24-16)9-19-25(22,23)17-12(4)7-11(3)8-13(17)5/h7-8,10,14-16,19H,6,9H2,1-5H3,(H,20,21)/t14-,15-,16-/m1/s1. The molecule has 140 valence electrons. The molecule has 1 heterocycles. The number of aryl methyl sites for hydroxylation is 3. The van der Waals surface area contributed by atoms with Gasteiger partial charge in [0.15, 0.2) is 0 Å². The third kappa shape index (κ3) is 4.80. The molecule has 1 aliphatic heterocycles. The van der Waals surface area contributed by atoms with Crippen molar-refractivity contribution in [3.63, 3.8) is 0 Å². The Kier molecular flexibility index (Phi) is 5.91. The highest BCUT2D eigenvalue weighted by Crippen LogP contribution is 2.33. The van der Waals surface area contributed by atoms with Crippen LogP contribution in [-0.4, -0.2) is 38.2 Å². The van der Waals surface area contributed by atoms with Gasteiger partial charge in [0.05, 0.1) is 23.0 Å². The van der Waals surface area contributed by atoms with Gasteiger partial charge in [-0.15, -0.1) is 0 Å². The number of aliphatic carboxylic acids is 1. The van der Waals surface area contributed by atoms with E-state index < -0.39 is 28.0 Å². The Labute approximate surface area is 149 Å². The summed E-state index contributed by atoms with van der Waals surface area (Å²) >= 11 is 0. The van der Waals surface area contributed by atoms with E-state index in [1.807, 2.05) is 32.9 Å². The molecular formula is C18H27NO5S. The van der Waals surface area contributed by atoms with Gasteiger partial charge in [-0.3, -0.25) is 4.79 Å². The molecule has 0 saturated carbocycles. The predicted octanol–water partition coefficient (Wildman–Crippen LogP) is 2.40. The van der Waals surface area contributed by atoms with Crippen molar-refractivity contribution in [2.24, 2.45) is 11.8 Å². The van der Waals surface area contributed by atoms with Crippen LogP contribution in [0.4, 0.5) is 0 Å². The molecular weight excluding hydrogens is 342 g/mol. The van der Waals surface area contributed by atoms with Gasteiger partial charge in [-0.25, -0.2) is 13.1 Å². The molecule has 1 fully saturated rings. The molecule has 1 saturated heterocycles. The minimum absolute atomic E-state index is 0.0850. The van der Waals surface area contributed by atoms with Crippen LogP contribution in [0.3, 0.4) is 0 Å². The second-order valence-corrected chi connectivity index (χ2v) is 9.00. The lowest BCUT2D eigenvalue weighted by atomic mass is 9.93. The normalized spacial score (nSPS) is 21.4. The van der Waals surface area contributed by atoms with E-state index in [0.717, 1.165) is 5.56 Å². The van der Waals surface area contributed by atoms with Crippen molar-refractivity contribution in [3.8, 4) is 0 Å². The van der Waals surface area contributed by atoms with Gasteiger partial charge in [0.2, 0.25) is 10.0 Å². The maximum atomic E-state index is 12.6. The minimum Gasteiger partial charge on any atom is -0.481 e. The van der Waals surface area contributed by atoms with Crippen LogP contribution in [0.15, 0.2) is 17.0 Å². The molecule has 1 aromatic carbocycles. The fourth-order valence-corrected chi connectivity index (χ4v) is 4.91. The van der Waals surface area contributed by atoms with Gasteiger partial charge in [0, 0.05) is 6.54 Å². The van der Waals surface area contributed by atoms with E-state index in [9.17, 15) is 18.3 Å². The molecule has 1 aromatic rings. The van der Waals surface area contributed by atoms with Crippen molar-refractivity contribution in [3.05, 3.63) is 28.8 Å². The van der Waals surface area contributed by atoms with E-state index >= 15 is 0 Å². The smallest absolute Gasteiger partial charge is 0.309 e. The number of epoxide rings is 1. The summed E-state index contributed by atoms with van der Waals surface area (Å²) in [5.41, 5.74) is 2.40. The zero-order valence-corrected chi connectivity index (χ0v) is 16.2. The third-order valence-corrected chi connectivity index (χ3v) is 6.14. The average Bonchev–Trinajstić information content (AvgIpc) is 3.20. The van der Waals surface area contributed by atoms with Gasteiger partial charge in [0.25, 0.3) is 0 Å². The van der Waals surface area contributed by atoms with Crippen molar-refractivity contribution in [2.45, 2.75) is 58.1 Å². The average molecular weight is 369 g/mol. The fourth-order valence-electron chi connectivity index (χ4n) is 3.41. The molecule has 0 radical (unpaired) electrons. The molecule has 0 amide bonds. The highest BCUT2D eigenvalue weighted by Gasteiger charge is 2.48. The van der Waals surface area contributed by atoms with Gasteiger partial charge in [-0.1, -0.05) is 31.5 Å². The lowest BCUT2D eigenvalue weighted by Crippen LogP contribution is -2.31. The largest absolute Gasteiger partial charge is 0.481 e. The lowest BCUT2D eigenvalue weighted by molar-refractivity contribution is -0.143. The summed E-state index contributed by atoms with van der Waals surface area (Å²) in [5.74, 6) is -1.26. The van der Waals surface area contributed by atoms with E-state index in [1.54, 1.807) is 13.8 Å².